The molecule has 0 aliphatic heterocycles. The smallest absolute Gasteiger partial charge is 0.0909 e. The van der Waals surface area contributed by atoms with E-state index >= 15 is 0 Å². The van der Waals surface area contributed by atoms with E-state index in [0.717, 1.165) is 0 Å². The summed E-state index contributed by atoms with van der Waals surface area (Å²) in [6.07, 6.45) is 0. The van der Waals surface area contributed by atoms with Crippen LogP contribution >= 0.6 is 56.4 Å². The van der Waals surface area contributed by atoms with Gasteiger partial charge in [0.15, 0.2) is 0 Å². The summed E-state index contributed by atoms with van der Waals surface area (Å²) in [5.74, 6) is 0. The number of alkyl halides is 3. The molecule has 1 unspecified atom stereocenters. The van der Waals surface area contributed by atoms with Gasteiger partial charge in [-0.3, -0.25) is 0 Å². The molecule has 0 aliphatic carbocycles. The Hall–Kier alpha value is 1.57. The molecule has 68 valence electrons. The fraction of sp³-hybridized carbons (Fsp3) is 1.00. The van der Waals surface area contributed by atoms with E-state index < -0.39 is 3.79 Å². The zero-order valence-electron chi connectivity index (χ0n) is 6.61. The SMILES string of the molecule is CC(C)SSC(C)C(Cl)(Cl)Cl. The third-order valence-corrected chi connectivity index (χ3v) is 5.72. The Bertz CT molecular complexity index is 111. The molecule has 0 aliphatic rings. The van der Waals surface area contributed by atoms with Crippen LogP contribution in [0.1, 0.15) is 20.8 Å². The van der Waals surface area contributed by atoms with Crippen LogP contribution in [-0.4, -0.2) is 14.3 Å². The monoisotopic (exact) mass is 252 g/mol. The van der Waals surface area contributed by atoms with Gasteiger partial charge < -0.3 is 0 Å². The van der Waals surface area contributed by atoms with Crippen molar-refractivity contribution in [2.45, 2.75) is 35.1 Å². The van der Waals surface area contributed by atoms with Crippen molar-refractivity contribution < 1.29 is 0 Å². The molecule has 0 rings (SSSR count). The van der Waals surface area contributed by atoms with Gasteiger partial charge in [0.2, 0.25) is 3.79 Å². The zero-order chi connectivity index (χ0) is 9.07. The first kappa shape index (κ1) is 12.6. The van der Waals surface area contributed by atoms with Crippen molar-refractivity contribution in [3.05, 3.63) is 0 Å². The van der Waals surface area contributed by atoms with Gasteiger partial charge in [0.1, 0.15) is 0 Å². The van der Waals surface area contributed by atoms with Gasteiger partial charge in [0.05, 0.1) is 5.25 Å². The minimum atomic E-state index is -1.15. The highest BCUT2D eigenvalue weighted by Crippen LogP contribution is 2.43. The van der Waals surface area contributed by atoms with Crippen LogP contribution in [0, 0.1) is 0 Å². The Morgan fingerprint density at radius 1 is 1.00 bits per heavy atom. The van der Waals surface area contributed by atoms with Crippen LogP contribution in [0.4, 0.5) is 0 Å². The van der Waals surface area contributed by atoms with Crippen LogP contribution in [0.2, 0.25) is 0 Å². The summed E-state index contributed by atoms with van der Waals surface area (Å²) in [4.78, 5) is 0. The Balaban J connectivity index is 3.61. The third-order valence-electron chi connectivity index (χ3n) is 0.853. The molecule has 0 bridgehead atoms. The second-order valence-electron chi connectivity index (χ2n) is 2.43. The Morgan fingerprint density at radius 3 is 1.73 bits per heavy atom. The van der Waals surface area contributed by atoms with Crippen LogP contribution in [-0.2, 0) is 0 Å². The van der Waals surface area contributed by atoms with Gasteiger partial charge >= 0.3 is 0 Å². The summed E-state index contributed by atoms with van der Waals surface area (Å²) in [5, 5.41) is 0.592. The van der Waals surface area contributed by atoms with Crippen molar-refractivity contribution in [1.29, 1.82) is 0 Å². The molecule has 0 saturated carbocycles. The highest BCUT2D eigenvalue weighted by molar-refractivity contribution is 8.77. The molecule has 0 heterocycles. The summed E-state index contributed by atoms with van der Waals surface area (Å²) >= 11 is 17.0. The van der Waals surface area contributed by atoms with Crippen LogP contribution < -0.4 is 0 Å². The summed E-state index contributed by atoms with van der Waals surface area (Å²) in [5.41, 5.74) is 0. The lowest BCUT2D eigenvalue weighted by Gasteiger charge is -2.19. The van der Waals surface area contributed by atoms with E-state index in [2.05, 4.69) is 13.8 Å². The maximum atomic E-state index is 5.66. The molecule has 0 amide bonds. The van der Waals surface area contributed by atoms with Gasteiger partial charge in [-0.15, -0.1) is 0 Å². The lowest BCUT2D eigenvalue weighted by atomic mass is 10.5. The molecule has 5 heteroatoms. The van der Waals surface area contributed by atoms with Crippen molar-refractivity contribution in [2.75, 3.05) is 0 Å². The first-order valence-corrected chi connectivity index (χ1v) is 6.64. The van der Waals surface area contributed by atoms with E-state index in [1.807, 2.05) is 6.92 Å². The predicted molar refractivity (Wildman–Crippen MR) is 60.1 cm³/mol. The number of rotatable bonds is 3. The lowest BCUT2D eigenvalue weighted by molar-refractivity contribution is 1.00. The van der Waals surface area contributed by atoms with Crippen molar-refractivity contribution in [2.24, 2.45) is 0 Å². The van der Waals surface area contributed by atoms with Crippen LogP contribution in [0.15, 0.2) is 0 Å². The van der Waals surface area contributed by atoms with Crippen LogP contribution in [0.5, 0.6) is 0 Å². The first-order valence-electron chi connectivity index (χ1n) is 3.23. The van der Waals surface area contributed by atoms with E-state index in [-0.39, 0.29) is 5.25 Å². The molecule has 0 saturated heterocycles. The maximum Gasteiger partial charge on any atom is 0.202 e. The van der Waals surface area contributed by atoms with E-state index in [1.54, 1.807) is 21.6 Å². The standard InChI is InChI=1S/C6H11Cl3S2/c1-4(2)10-11-5(3)6(7,8)9/h4-5H,1-3H3. The van der Waals surface area contributed by atoms with Gasteiger partial charge in [-0.1, -0.05) is 70.2 Å². The van der Waals surface area contributed by atoms with Crippen molar-refractivity contribution in [3.63, 3.8) is 0 Å². The molecule has 0 nitrogen and oxygen atoms in total. The van der Waals surface area contributed by atoms with Crippen molar-refractivity contribution >= 4 is 56.4 Å². The Morgan fingerprint density at radius 2 is 1.45 bits per heavy atom. The van der Waals surface area contributed by atoms with Gasteiger partial charge in [-0.25, -0.2) is 0 Å². The largest absolute Gasteiger partial charge is 0.202 e. The van der Waals surface area contributed by atoms with E-state index in [0.29, 0.717) is 5.25 Å². The molecule has 11 heavy (non-hydrogen) atoms. The minimum absolute atomic E-state index is 0.0277. The maximum absolute atomic E-state index is 5.66. The summed E-state index contributed by atoms with van der Waals surface area (Å²) in [6.45, 7) is 6.14. The topological polar surface area (TPSA) is 0 Å². The van der Waals surface area contributed by atoms with Crippen LogP contribution in [0.25, 0.3) is 0 Å². The molecular weight excluding hydrogens is 243 g/mol. The fourth-order valence-electron chi connectivity index (χ4n) is 0.249. The summed E-state index contributed by atoms with van der Waals surface area (Å²) < 4.78 is -1.15. The van der Waals surface area contributed by atoms with E-state index in [9.17, 15) is 0 Å². The molecule has 0 aromatic rings. The number of halogens is 3. The average Bonchev–Trinajstić information content (AvgIpc) is 1.80. The highest BCUT2D eigenvalue weighted by Gasteiger charge is 2.29. The molecule has 0 fully saturated rings. The van der Waals surface area contributed by atoms with Gasteiger partial charge in [0, 0.05) is 5.25 Å². The molecule has 0 N–H and O–H groups in total. The van der Waals surface area contributed by atoms with Crippen molar-refractivity contribution in [3.8, 4) is 0 Å². The molecule has 0 aromatic carbocycles. The average molecular weight is 254 g/mol. The van der Waals surface area contributed by atoms with Crippen molar-refractivity contribution in [1.82, 2.24) is 0 Å². The normalized spacial score (nSPS) is 15.5. The van der Waals surface area contributed by atoms with Gasteiger partial charge in [-0.2, -0.15) is 0 Å². The quantitative estimate of drug-likeness (QED) is 0.535. The number of hydrogen-bond donors (Lipinski definition) is 0. The van der Waals surface area contributed by atoms with Crippen LogP contribution in [0.3, 0.4) is 0 Å². The second-order valence-corrected chi connectivity index (χ2v) is 7.98. The van der Waals surface area contributed by atoms with E-state index in [4.69, 9.17) is 34.8 Å². The summed E-state index contributed by atoms with van der Waals surface area (Å²) in [7, 11) is 3.34. The minimum Gasteiger partial charge on any atom is -0.0909 e. The molecule has 1 atom stereocenters. The lowest BCUT2D eigenvalue weighted by Crippen LogP contribution is -2.17. The molecular formula is C6H11Cl3S2. The predicted octanol–water partition coefficient (Wildman–Crippen LogP) is 4.53. The fourth-order valence-corrected chi connectivity index (χ4v) is 3.22. The first-order chi connectivity index (χ1) is 4.84. The van der Waals surface area contributed by atoms with Gasteiger partial charge in [-0.05, 0) is 6.92 Å². The third kappa shape index (κ3) is 6.71. The Labute approximate surface area is 91.1 Å². The molecule has 0 radical (unpaired) electrons. The molecule has 0 aromatic heterocycles. The van der Waals surface area contributed by atoms with Gasteiger partial charge in [0.25, 0.3) is 0 Å². The Kier molecular flexibility index (Phi) is 6.09. The second kappa shape index (κ2) is 5.33. The summed E-state index contributed by atoms with van der Waals surface area (Å²) in [6, 6.07) is 0. The zero-order valence-corrected chi connectivity index (χ0v) is 10.5. The number of hydrogen-bond acceptors (Lipinski definition) is 2. The molecule has 0 spiro atoms. The highest BCUT2D eigenvalue weighted by atomic mass is 35.6. The van der Waals surface area contributed by atoms with E-state index in [1.165, 1.54) is 0 Å².